The molecule has 1 aromatic carbocycles. The fraction of sp³-hybridized carbons (Fsp3) is 0.238. The first-order valence-corrected chi connectivity index (χ1v) is 9.28. The van der Waals surface area contributed by atoms with Crippen LogP contribution in [-0.4, -0.2) is 36.1 Å². The SMILES string of the molecule is CC(C)(CO)C(Nc1ncccn1)(c1ccc(F)cc1F)c1cnc2cnccn12. The van der Waals surface area contributed by atoms with E-state index in [1.807, 2.05) is 0 Å². The van der Waals surface area contributed by atoms with Crippen molar-refractivity contribution in [1.82, 2.24) is 24.3 Å². The third-order valence-corrected chi connectivity index (χ3v) is 5.31. The summed E-state index contributed by atoms with van der Waals surface area (Å²) < 4.78 is 30.8. The number of aliphatic hydroxyl groups excluding tert-OH is 1. The van der Waals surface area contributed by atoms with Crippen LogP contribution >= 0.6 is 0 Å². The van der Waals surface area contributed by atoms with Crippen molar-refractivity contribution < 1.29 is 13.9 Å². The normalized spacial score (nSPS) is 13.9. The van der Waals surface area contributed by atoms with Gasteiger partial charge in [-0.3, -0.25) is 9.38 Å². The van der Waals surface area contributed by atoms with Crippen LogP contribution in [0.2, 0.25) is 0 Å². The minimum Gasteiger partial charge on any atom is -0.396 e. The summed E-state index contributed by atoms with van der Waals surface area (Å²) in [6.07, 6.45) is 9.51. The number of anilines is 1. The highest BCUT2D eigenvalue weighted by atomic mass is 19.1. The maximum absolute atomic E-state index is 15.3. The molecule has 3 heterocycles. The van der Waals surface area contributed by atoms with Gasteiger partial charge in [0.05, 0.1) is 24.7 Å². The summed E-state index contributed by atoms with van der Waals surface area (Å²) in [5.74, 6) is -1.26. The van der Waals surface area contributed by atoms with Crippen molar-refractivity contribution >= 4 is 11.6 Å². The maximum Gasteiger partial charge on any atom is 0.223 e. The molecule has 1 unspecified atom stereocenters. The molecule has 0 radical (unpaired) electrons. The second-order valence-corrected chi connectivity index (χ2v) is 7.56. The van der Waals surface area contributed by atoms with Gasteiger partial charge < -0.3 is 10.4 Å². The standard InChI is InChI=1S/C21H20F2N6O/c1-20(2,13-30)21(28-19-25-6-3-7-26-19,15-5-4-14(22)10-16(15)23)17-11-27-18-12-24-8-9-29(17)18/h3-12,30H,13H2,1-2H3,(H,25,26,28). The van der Waals surface area contributed by atoms with Gasteiger partial charge >= 0.3 is 0 Å². The predicted molar refractivity (Wildman–Crippen MR) is 107 cm³/mol. The van der Waals surface area contributed by atoms with Gasteiger partial charge in [-0.25, -0.2) is 23.7 Å². The first-order chi connectivity index (χ1) is 14.4. The molecule has 3 aromatic heterocycles. The molecule has 4 aromatic rings. The third-order valence-electron chi connectivity index (χ3n) is 5.31. The molecule has 0 aliphatic heterocycles. The van der Waals surface area contributed by atoms with E-state index in [0.717, 1.165) is 6.07 Å². The molecule has 0 saturated heterocycles. The number of halogens is 2. The van der Waals surface area contributed by atoms with Crippen LogP contribution in [0, 0.1) is 17.0 Å². The van der Waals surface area contributed by atoms with Crippen molar-refractivity contribution in [2.24, 2.45) is 5.41 Å². The van der Waals surface area contributed by atoms with Gasteiger partial charge in [0.25, 0.3) is 0 Å². The largest absolute Gasteiger partial charge is 0.396 e. The molecule has 0 bridgehead atoms. The number of hydrogen-bond acceptors (Lipinski definition) is 6. The van der Waals surface area contributed by atoms with E-state index >= 15 is 4.39 Å². The highest BCUT2D eigenvalue weighted by Gasteiger charge is 2.51. The van der Waals surface area contributed by atoms with Gasteiger partial charge in [-0.2, -0.15) is 0 Å². The number of imidazole rings is 1. The van der Waals surface area contributed by atoms with Crippen LogP contribution in [0.25, 0.3) is 5.65 Å². The smallest absolute Gasteiger partial charge is 0.223 e. The van der Waals surface area contributed by atoms with E-state index in [0.29, 0.717) is 11.3 Å². The topological polar surface area (TPSA) is 88.2 Å². The van der Waals surface area contributed by atoms with Gasteiger partial charge in [0.15, 0.2) is 5.65 Å². The lowest BCUT2D eigenvalue weighted by molar-refractivity contribution is 0.0986. The van der Waals surface area contributed by atoms with Crippen molar-refractivity contribution in [3.05, 3.63) is 84.3 Å². The molecule has 7 nitrogen and oxygen atoms in total. The zero-order valence-corrected chi connectivity index (χ0v) is 16.4. The van der Waals surface area contributed by atoms with Crippen LogP contribution in [-0.2, 0) is 5.54 Å². The summed E-state index contributed by atoms with van der Waals surface area (Å²) in [5, 5.41) is 13.6. The van der Waals surface area contributed by atoms with E-state index in [-0.39, 0.29) is 18.1 Å². The van der Waals surface area contributed by atoms with Gasteiger partial charge in [0.1, 0.15) is 17.2 Å². The predicted octanol–water partition coefficient (Wildman–Crippen LogP) is 3.17. The molecule has 0 saturated carbocycles. The summed E-state index contributed by atoms with van der Waals surface area (Å²) in [6.45, 7) is 3.21. The summed E-state index contributed by atoms with van der Waals surface area (Å²) in [7, 11) is 0. The number of hydrogen-bond donors (Lipinski definition) is 2. The van der Waals surface area contributed by atoms with Gasteiger partial charge in [-0.05, 0) is 12.1 Å². The lowest BCUT2D eigenvalue weighted by Gasteiger charge is -2.46. The van der Waals surface area contributed by atoms with Crippen molar-refractivity contribution in [1.29, 1.82) is 0 Å². The van der Waals surface area contributed by atoms with E-state index in [2.05, 4.69) is 25.3 Å². The van der Waals surface area contributed by atoms with Gasteiger partial charge in [-0.1, -0.05) is 19.9 Å². The summed E-state index contributed by atoms with van der Waals surface area (Å²) >= 11 is 0. The zero-order valence-electron chi connectivity index (χ0n) is 16.4. The Balaban J connectivity index is 2.10. The van der Waals surface area contributed by atoms with Crippen LogP contribution in [0.3, 0.4) is 0 Å². The molecule has 30 heavy (non-hydrogen) atoms. The van der Waals surface area contributed by atoms with E-state index in [4.69, 9.17) is 0 Å². The molecule has 0 aliphatic rings. The number of aliphatic hydroxyl groups is 1. The van der Waals surface area contributed by atoms with Crippen molar-refractivity contribution in [2.75, 3.05) is 11.9 Å². The average Bonchev–Trinajstić information content (AvgIpc) is 3.17. The van der Waals surface area contributed by atoms with Crippen LogP contribution in [0.1, 0.15) is 25.1 Å². The molecular weight excluding hydrogens is 390 g/mol. The minimum atomic E-state index is -1.42. The molecule has 154 valence electrons. The van der Waals surface area contributed by atoms with E-state index < -0.39 is 22.6 Å². The second-order valence-electron chi connectivity index (χ2n) is 7.56. The highest BCUT2D eigenvalue weighted by Crippen LogP contribution is 2.47. The van der Waals surface area contributed by atoms with Gasteiger partial charge in [0, 0.05) is 41.8 Å². The van der Waals surface area contributed by atoms with Crippen LogP contribution in [0.15, 0.2) is 61.4 Å². The molecule has 0 spiro atoms. The fourth-order valence-corrected chi connectivity index (χ4v) is 3.71. The lowest BCUT2D eigenvalue weighted by Crippen LogP contribution is -2.53. The molecule has 9 heteroatoms. The number of rotatable bonds is 6. The Bertz CT molecular complexity index is 1180. The molecule has 0 fully saturated rings. The first-order valence-electron chi connectivity index (χ1n) is 9.28. The maximum atomic E-state index is 15.3. The molecule has 0 amide bonds. The van der Waals surface area contributed by atoms with E-state index in [9.17, 15) is 9.50 Å². The van der Waals surface area contributed by atoms with Crippen molar-refractivity contribution in [2.45, 2.75) is 19.4 Å². The number of aromatic nitrogens is 5. The lowest BCUT2D eigenvalue weighted by atomic mass is 9.66. The Labute approximate surface area is 171 Å². The van der Waals surface area contributed by atoms with Crippen molar-refractivity contribution in [3.8, 4) is 0 Å². The van der Waals surface area contributed by atoms with Crippen LogP contribution in [0.5, 0.6) is 0 Å². The first kappa shape index (κ1) is 19.8. The minimum absolute atomic E-state index is 0.119. The number of nitrogens with one attached hydrogen (secondary N) is 1. The highest BCUT2D eigenvalue weighted by molar-refractivity contribution is 5.51. The quantitative estimate of drug-likeness (QED) is 0.508. The third kappa shape index (κ3) is 3.07. The van der Waals surface area contributed by atoms with Gasteiger partial charge in [-0.15, -0.1) is 0 Å². The summed E-state index contributed by atoms with van der Waals surface area (Å²) in [6, 6.07) is 5.01. The monoisotopic (exact) mass is 410 g/mol. The molecule has 0 aliphatic carbocycles. The molecule has 1 atom stereocenters. The fourth-order valence-electron chi connectivity index (χ4n) is 3.71. The van der Waals surface area contributed by atoms with Crippen molar-refractivity contribution in [3.63, 3.8) is 0 Å². The Morgan fingerprint density at radius 3 is 2.53 bits per heavy atom. The van der Waals surface area contributed by atoms with E-state index in [1.54, 1.807) is 61.5 Å². The summed E-state index contributed by atoms with van der Waals surface area (Å²) in [5.41, 5.74) is -1.26. The van der Waals surface area contributed by atoms with E-state index in [1.165, 1.54) is 12.1 Å². The number of fused-ring (bicyclic) bond motifs is 1. The van der Waals surface area contributed by atoms with Crippen LogP contribution in [0.4, 0.5) is 14.7 Å². The Morgan fingerprint density at radius 2 is 1.83 bits per heavy atom. The Kier molecular flexibility index (Phi) is 4.90. The number of nitrogens with zero attached hydrogens (tertiary/aromatic N) is 5. The second kappa shape index (κ2) is 7.42. The molecular formula is C21H20F2N6O. The Morgan fingerprint density at radius 1 is 1.07 bits per heavy atom. The zero-order chi connectivity index (χ0) is 21.4. The molecule has 2 N–H and O–H groups in total. The summed E-state index contributed by atoms with van der Waals surface area (Å²) in [4.78, 5) is 16.9. The number of benzene rings is 1. The Hall–Kier alpha value is -3.46. The average molecular weight is 410 g/mol. The molecule has 4 rings (SSSR count). The van der Waals surface area contributed by atoms with Crippen LogP contribution < -0.4 is 5.32 Å². The van der Waals surface area contributed by atoms with Gasteiger partial charge in [0.2, 0.25) is 5.95 Å².